The number of hydrogen-bond acceptors (Lipinski definition) is 0. The molecule has 0 fully saturated rings. The Balaban J connectivity index is 3.60. The largest absolute Gasteiger partial charge is 0.359 e. The van der Waals surface area contributed by atoms with Gasteiger partial charge in [0, 0.05) is 11.0 Å². The van der Waals surface area contributed by atoms with Gasteiger partial charge in [0.05, 0.1) is 0 Å². The van der Waals surface area contributed by atoms with Crippen molar-refractivity contribution in [1.29, 1.82) is 0 Å². The van der Waals surface area contributed by atoms with Gasteiger partial charge in [-0.3, -0.25) is 0 Å². The molecule has 0 bridgehead atoms. The molecule has 0 spiro atoms. The molecule has 0 radical (unpaired) electrons. The number of aromatic nitrogens is 1. The molecule has 0 aliphatic carbocycles. The number of H-pyrrole nitrogens is 1. The summed E-state index contributed by atoms with van der Waals surface area (Å²) < 4.78 is 0. The highest BCUT2D eigenvalue weighted by Gasteiger charge is 1.91. The lowest BCUT2D eigenvalue weighted by Crippen LogP contribution is -2.23. The van der Waals surface area contributed by atoms with E-state index >= 15 is 0 Å². The lowest BCUT2D eigenvalue weighted by Gasteiger charge is -1.83. The Bertz CT molecular complexity index is 389. The smallest absolute Gasteiger partial charge is 0.0455 e. The first kappa shape index (κ1) is 8.85. The van der Waals surface area contributed by atoms with Crippen molar-refractivity contribution in [1.82, 2.24) is 4.98 Å². The maximum Gasteiger partial charge on any atom is 0.0455 e. The molecule has 0 amide bonds. The van der Waals surface area contributed by atoms with E-state index in [1.165, 1.54) is 16.5 Å². The standard InChI is InChI=1S/C11H15N/c1-5-6-11-10(8(2)3)7-9(4)12-11/h5-7,12H,1H2,2-4H3/b11-6+. The first-order valence-corrected chi connectivity index (χ1v) is 4.11. The number of aromatic amines is 1. The topological polar surface area (TPSA) is 15.8 Å². The van der Waals surface area contributed by atoms with Crippen LogP contribution >= 0.6 is 0 Å². The minimum atomic E-state index is 1.16. The fourth-order valence-electron chi connectivity index (χ4n) is 1.27. The summed E-state index contributed by atoms with van der Waals surface area (Å²) in [5, 5.41) is 2.44. The molecule has 1 aromatic heterocycles. The van der Waals surface area contributed by atoms with E-state index < -0.39 is 0 Å². The van der Waals surface area contributed by atoms with Gasteiger partial charge in [0.1, 0.15) is 0 Å². The normalized spacial score (nSPS) is 11.8. The second-order valence-corrected chi connectivity index (χ2v) is 3.18. The van der Waals surface area contributed by atoms with E-state index in [0.717, 1.165) is 5.35 Å². The van der Waals surface area contributed by atoms with Crippen LogP contribution in [0.25, 0.3) is 11.6 Å². The molecule has 1 aromatic rings. The highest BCUT2D eigenvalue weighted by molar-refractivity contribution is 5.43. The minimum Gasteiger partial charge on any atom is -0.359 e. The quantitative estimate of drug-likeness (QED) is 0.642. The van der Waals surface area contributed by atoms with Gasteiger partial charge in [0.25, 0.3) is 0 Å². The number of allylic oxidation sites excluding steroid dienone is 1. The van der Waals surface area contributed by atoms with E-state index in [-0.39, 0.29) is 0 Å². The molecule has 0 saturated carbocycles. The molecule has 0 unspecified atom stereocenters. The molecule has 1 rings (SSSR count). The molecule has 64 valence electrons. The highest BCUT2D eigenvalue weighted by Crippen LogP contribution is 1.86. The fraction of sp³-hybridized carbons (Fsp3) is 0.273. The van der Waals surface area contributed by atoms with Gasteiger partial charge in [-0.05, 0) is 38.1 Å². The van der Waals surface area contributed by atoms with Crippen molar-refractivity contribution in [2.24, 2.45) is 0 Å². The van der Waals surface area contributed by atoms with Gasteiger partial charge >= 0.3 is 0 Å². The van der Waals surface area contributed by atoms with E-state index in [4.69, 9.17) is 0 Å². The number of rotatable bonds is 1. The summed E-state index contributed by atoms with van der Waals surface area (Å²) in [7, 11) is 0. The molecule has 1 nitrogen and oxygen atoms in total. The predicted molar refractivity (Wildman–Crippen MR) is 54.2 cm³/mol. The molecule has 1 N–H and O–H groups in total. The Kier molecular flexibility index (Phi) is 2.54. The summed E-state index contributed by atoms with van der Waals surface area (Å²) in [6, 6.07) is 2.16. The van der Waals surface area contributed by atoms with Crippen molar-refractivity contribution in [3.63, 3.8) is 0 Å². The van der Waals surface area contributed by atoms with Crippen LogP contribution in [-0.2, 0) is 0 Å². The van der Waals surface area contributed by atoms with E-state index in [9.17, 15) is 0 Å². The van der Waals surface area contributed by atoms with E-state index in [0.29, 0.717) is 0 Å². The third kappa shape index (κ3) is 1.67. The molecule has 12 heavy (non-hydrogen) atoms. The fourth-order valence-corrected chi connectivity index (χ4v) is 1.27. The average molecular weight is 161 g/mol. The predicted octanol–water partition coefficient (Wildman–Crippen LogP) is 1.48. The Morgan fingerprint density at radius 3 is 2.67 bits per heavy atom. The summed E-state index contributed by atoms with van der Waals surface area (Å²) in [5.74, 6) is 0. The Hall–Kier alpha value is -1.24. The second kappa shape index (κ2) is 3.44. The molecule has 0 atom stereocenters. The lowest BCUT2D eigenvalue weighted by molar-refractivity contribution is 1.22. The van der Waals surface area contributed by atoms with Crippen LogP contribution in [0, 0.1) is 6.92 Å². The Labute approximate surface area is 73.1 Å². The van der Waals surface area contributed by atoms with Crippen molar-refractivity contribution in [2.75, 3.05) is 0 Å². The zero-order valence-corrected chi connectivity index (χ0v) is 7.94. The zero-order chi connectivity index (χ0) is 9.14. The molecule has 1 heterocycles. The molecule has 0 aromatic carbocycles. The average Bonchev–Trinajstić information content (AvgIpc) is 2.32. The maximum atomic E-state index is 3.68. The molecule has 0 aliphatic rings. The van der Waals surface area contributed by atoms with Gasteiger partial charge in [-0.1, -0.05) is 18.2 Å². The van der Waals surface area contributed by atoms with Crippen LogP contribution in [0.5, 0.6) is 0 Å². The summed E-state index contributed by atoms with van der Waals surface area (Å²) in [5.41, 5.74) is 2.52. The van der Waals surface area contributed by atoms with Crippen molar-refractivity contribution >= 4 is 11.6 Å². The van der Waals surface area contributed by atoms with Crippen LogP contribution in [0.2, 0.25) is 0 Å². The van der Waals surface area contributed by atoms with E-state index in [2.05, 4.69) is 38.4 Å². The van der Waals surface area contributed by atoms with Gasteiger partial charge in [-0.15, -0.1) is 0 Å². The van der Waals surface area contributed by atoms with E-state index in [1.54, 1.807) is 6.08 Å². The minimum absolute atomic E-state index is 1.16. The molecule has 0 aliphatic heterocycles. The number of nitrogens with one attached hydrogen (secondary N) is 1. The number of hydrogen-bond donors (Lipinski definition) is 1. The first-order chi connectivity index (χ1) is 5.65. The van der Waals surface area contributed by atoms with Crippen LogP contribution in [-0.4, -0.2) is 4.98 Å². The second-order valence-electron chi connectivity index (χ2n) is 3.18. The molecule has 1 heteroatoms. The van der Waals surface area contributed by atoms with Gasteiger partial charge in [-0.25, -0.2) is 0 Å². The van der Waals surface area contributed by atoms with Crippen LogP contribution in [0.3, 0.4) is 0 Å². The van der Waals surface area contributed by atoms with Crippen LogP contribution in [0.1, 0.15) is 19.5 Å². The lowest BCUT2D eigenvalue weighted by atomic mass is 10.2. The molecular weight excluding hydrogens is 146 g/mol. The summed E-state index contributed by atoms with van der Waals surface area (Å²) in [4.78, 5) is 3.28. The van der Waals surface area contributed by atoms with Crippen molar-refractivity contribution in [2.45, 2.75) is 20.8 Å². The van der Waals surface area contributed by atoms with Crippen molar-refractivity contribution in [3.05, 3.63) is 35.0 Å². The summed E-state index contributed by atoms with van der Waals surface area (Å²) in [6.07, 6.45) is 3.80. The Morgan fingerprint density at radius 1 is 1.50 bits per heavy atom. The monoisotopic (exact) mass is 161 g/mol. The third-order valence-electron chi connectivity index (χ3n) is 1.81. The summed E-state index contributed by atoms with van der Waals surface area (Å²) >= 11 is 0. The van der Waals surface area contributed by atoms with Crippen LogP contribution in [0.4, 0.5) is 0 Å². The van der Waals surface area contributed by atoms with Crippen LogP contribution in [0.15, 0.2) is 18.7 Å². The maximum absolute atomic E-state index is 3.68. The first-order valence-electron chi connectivity index (χ1n) is 4.11. The summed E-state index contributed by atoms with van der Waals surface area (Å²) in [6.45, 7) is 9.97. The SMILES string of the molecule is C=C/C=c1/[nH]c(C)cc1=C(C)C. The zero-order valence-electron chi connectivity index (χ0n) is 7.94. The third-order valence-corrected chi connectivity index (χ3v) is 1.81. The van der Waals surface area contributed by atoms with E-state index in [1.807, 2.05) is 6.08 Å². The van der Waals surface area contributed by atoms with Gasteiger partial charge < -0.3 is 4.98 Å². The van der Waals surface area contributed by atoms with Crippen LogP contribution < -0.4 is 10.6 Å². The van der Waals surface area contributed by atoms with Crippen molar-refractivity contribution < 1.29 is 0 Å². The van der Waals surface area contributed by atoms with Crippen molar-refractivity contribution in [3.8, 4) is 0 Å². The number of aryl methyl sites for hydroxylation is 1. The van der Waals surface area contributed by atoms with Gasteiger partial charge in [0.15, 0.2) is 0 Å². The molecular formula is C11H15N. The molecule has 0 saturated heterocycles. The Morgan fingerprint density at radius 2 is 2.17 bits per heavy atom. The van der Waals surface area contributed by atoms with Gasteiger partial charge in [0.2, 0.25) is 0 Å². The highest BCUT2D eigenvalue weighted by atomic mass is 14.7. The van der Waals surface area contributed by atoms with Gasteiger partial charge in [-0.2, -0.15) is 0 Å².